The first-order valence-electron chi connectivity index (χ1n) is 8.51. The van der Waals surface area contributed by atoms with Crippen LogP contribution in [0.1, 0.15) is 12.0 Å². The van der Waals surface area contributed by atoms with Gasteiger partial charge in [-0.3, -0.25) is 9.69 Å². The smallest absolute Gasteiger partial charge is 0.234 e. The highest BCUT2D eigenvalue weighted by molar-refractivity contribution is 6.30. The number of carbonyl (C=O) groups is 1. The van der Waals surface area contributed by atoms with Crippen LogP contribution >= 0.6 is 11.6 Å². The standard InChI is InChI=1S/C20H25ClN2O2/c1-23(13-14-25-19-11-5-10-18(21)15-19)16-20(24)22-12-6-9-17-7-3-2-4-8-17/h2-5,7-8,10-11,15H,6,9,12-14,16H2,1H3,(H,22,24). The topological polar surface area (TPSA) is 41.6 Å². The first-order valence-corrected chi connectivity index (χ1v) is 8.89. The highest BCUT2D eigenvalue weighted by atomic mass is 35.5. The van der Waals surface area contributed by atoms with Crippen molar-refractivity contribution in [3.05, 3.63) is 65.2 Å². The molecule has 25 heavy (non-hydrogen) atoms. The van der Waals surface area contributed by atoms with E-state index in [2.05, 4.69) is 17.4 Å². The van der Waals surface area contributed by atoms with Crippen molar-refractivity contribution in [2.24, 2.45) is 0 Å². The molecular formula is C20H25ClN2O2. The van der Waals surface area contributed by atoms with Crippen molar-refractivity contribution in [1.29, 1.82) is 0 Å². The molecule has 0 aliphatic heterocycles. The molecule has 0 aliphatic rings. The minimum atomic E-state index is 0.0401. The van der Waals surface area contributed by atoms with Crippen molar-refractivity contribution < 1.29 is 9.53 Å². The Morgan fingerprint density at radius 1 is 1.16 bits per heavy atom. The fraction of sp³-hybridized carbons (Fsp3) is 0.350. The number of carbonyl (C=O) groups excluding carboxylic acids is 1. The van der Waals surface area contributed by atoms with Gasteiger partial charge < -0.3 is 10.1 Å². The van der Waals surface area contributed by atoms with E-state index < -0.39 is 0 Å². The van der Waals surface area contributed by atoms with Gasteiger partial charge in [-0.05, 0) is 43.7 Å². The third kappa shape index (κ3) is 8.05. The summed E-state index contributed by atoms with van der Waals surface area (Å²) in [6.45, 7) is 2.24. The molecule has 0 fully saturated rings. The predicted molar refractivity (Wildman–Crippen MR) is 102 cm³/mol. The van der Waals surface area contributed by atoms with Crippen molar-refractivity contribution in [1.82, 2.24) is 10.2 Å². The number of hydrogen-bond acceptors (Lipinski definition) is 3. The summed E-state index contributed by atoms with van der Waals surface area (Å²) in [5.41, 5.74) is 1.30. The van der Waals surface area contributed by atoms with Crippen LogP contribution in [-0.4, -0.2) is 44.1 Å². The maximum atomic E-state index is 11.9. The Hall–Kier alpha value is -2.04. The van der Waals surface area contributed by atoms with Crippen LogP contribution in [0.25, 0.3) is 0 Å². The highest BCUT2D eigenvalue weighted by Crippen LogP contribution is 2.16. The Bertz CT molecular complexity index is 649. The average Bonchev–Trinajstić information content (AvgIpc) is 2.60. The number of amides is 1. The van der Waals surface area contributed by atoms with E-state index >= 15 is 0 Å². The number of aryl methyl sites for hydroxylation is 1. The number of likely N-dealkylation sites (N-methyl/N-ethyl adjacent to an activating group) is 1. The second kappa shape index (κ2) is 10.7. The number of nitrogens with zero attached hydrogens (tertiary/aromatic N) is 1. The molecule has 0 saturated heterocycles. The summed E-state index contributed by atoms with van der Waals surface area (Å²) >= 11 is 5.91. The Morgan fingerprint density at radius 3 is 2.72 bits per heavy atom. The third-order valence-corrected chi connectivity index (χ3v) is 3.99. The average molecular weight is 361 g/mol. The van der Waals surface area contributed by atoms with Crippen LogP contribution in [0.3, 0.4) is 0 Å². The molecular weight excluding hydrogens is 336 g/mol. The van der Waals surface area contributed by atoms with Gasteiger partial charge in [0.2, 0.25) is 5.91 Å². The van der Waals surface area contributed by atoms with E-state index in [0.717, 1.165) is 18.6 Å². The van der Waals surface area contributed by atoms with Gasteiger partial charge in [0, 0.05) is 18.1 Å². The van der Waals surface area contributed by atoms with Gasteiger partial charge in [0.05, 0.1) is 6.54 Å². The van der Waals surface area contributed by atoms with Crippen LogP contribution in [0, 0.1) is 0 Å². The number of halogens is 1. The van der Waals surface area contributed by atoms with E-state index in [-0.39, 0.29) is 5.91 Å². The van der Waals surface area contributed by atoms with E-state index in [1.165, 1.54) is 5.56 Å². The normalized spacial score (nSPS) is 10.7. The first kappa shape index (κ1) is 19.3. The minimum absolute atomic E-state index is 0.0401. The third-order valence-electron chi connectivity index (χ3n) is 3.76. The molecule has 1 amide bonds. The number of nitrogens with one attached hydrogen (secondary N) is 1. The van der Waals surface area contributed by atoms with Crippen molar-refractivity contribution >= 4 is 17.5 Å². The molecule has 2 aromatic carbocycles. The van der Waals surface area contributed by atoms with Crippen molar-refractivity contribution in [3.63, 3.8) is 0 Å². The Kier molecular flexibility index (Phi) is 8.29. The summed E-state index contributed by atoms with van der Waals surface area (Å²) in [4.78, 5) is 13.9. The molecule has 0 radical (unpaired) electrons. The van der Waals surface area contributed by atoms with Crippen molar-refractivity contribution in [2.75, 3.05) is 33.3 Å². The van der Waals surface area contributed by atoms with E-state index in [9.17, 15) is 4.79 Å². The summed E-state index contributed by atoms with van der Waals surface area (Å²) < 4.78 is 5.63. The fourth-order valence-corrected chi connectivity index (χ4v) is 2.60. The summed E-state index contributed by atoms with van der Waals surface area (Å²) in [5.74, 6) is 0.782. The van der Waals surface area contributed by atoms with Gasteiger partial charge in [0.25, 0.3) is 0 Å². The number of benzene rings is 2. The van der Waals surface area contributed by atoms with Crippen molar-refractivity contribution in [3.8, 4) is 5.75 Å². The lowest BCUT2D eigenvalue weighted by molar-refractivity contribution is -0.122. The molecule has 0 aliphatic carbocycles. The molecule has 2 rings (SSSR count). The molecule has 0 spiro atoms. The zero-order valence-electron chi connectivity index (χ0n) is 14.6. The zero-order chi connectivity index (χ0) is 17.9. The molecule has 0 saturated carbocycles. The van der Waals surface area contributed by atoms with E-state index in [4.69, 9.17) is 16.3 Å². The predicted octanol–water partition coefficient (Wildman–Crippen LogP) is 3.40. The summed E-state index contributed by atoms with van der Waals surface area (Å²) in [7, 11) is 1.91. The monoisotopic (exact) mass is 360 g/mol. The Labute approximate surface area is 154 Å². The molecule has 1 N–H and O–H groups in total. The Morgan fingerprint density at radius 2 is 1.96 bits per heavy atom. The molecule has 0 unspecified atom stereocenters. The molecule has 134 valence electrons. The molecule has 2 aromatic rings. The second-order valence-electron chi connectivity index (χ2n) is 5.98. The number of hydrogen-bond donors (Lipinski definition) is 1. The zero-order valence-corrected chi connectivity index (χ0v) is 15.3. The Balaban J connectivity index is 1.55. The van der Waals surface area contributed by atoms with Gasteiger partial charge in [-0.25, -0.2) is 0 Å². The maximum absolute atomic E-state index is 11.9. The van der Waals surface area contributed by atoms with E-state index in [1.807, 2.05) is 48.3 Å². The fourth-order valence-electron chi connectivity index (χ4n) is 2.42. The van der Waals surface area contributed by atoms with Crippen LogP contribution < -0.4 is 10.1 Å². The number of ether oxygens (including phenoxy) is 1. The summed E-state index contributed by atoms with van der Waals surface area (Å²) in [6.07, 6.45) is 1.92. The quantitative estimate of drug-likeness (QED) is 0.660. The van der Waals surface area contributed by atoms with Gasteiger partial charge in [-0.2, -0.15) is 0 Å². The minimum Gasteiger partial charge on any atom is -0.492 e. The molecule has 0 atom stereocenters. The summed E-state index contributed by atoms with van der Waals surface area (Å²) in [5, 5.41) is 3.61. The van der Waals surface area contributed by atoms with E-state index in [0.29, 0.717) is 31.3 Å². The molecule has 5 heteroatoms. The van der Waals surface area contributed by atoms with Crippen LogP contribution in [0.4, 0.5) is 0 Å². The number of rotatable bonds is 10. The first-order chi connectivity index (χ1) is 12.1. The molecule has 0 bridgehead atoms. The SMILES string of the molecule is CN(CCOc1cccc(Cl)c1)CC(=O)NCCCc1ccccc1. The van der Waals surface area contributed by atoms with Crippen molar-refractivity contribution in [2.45, 2.75) is 12.8 Å². The van der Waals surface area contributed by atoms with Gasteiger partial charge in [0.15, 0.2) is 0 Å². The van der Waals surface area contributed by atoms with Crippen LogP contribution in [-0.2, 0) is 11.2 Å². The lowest BCUT2D eigenvalue weighted by Crippen LogP contribution is -2.37. The molecule has 4 nitrogen and oxygen atoms in total. The summed E-state index contributed by atoms with van der Waals surface area (Å²) in [6, 6.07) is 17.6. The van der Waals surface area contributed by atoms with Gasteiger partial charge >= 0.3 is 0 Å². The lowest BCUT2D eigenvalue weighted by atomic mass is 10.1. The lowest BCUT2D eigenvalue weighted by Gasteiger charge is -2.16. The van der Waals surface area contributed by atoms with Crippen LogP contribution in [0.5, 0.6) is 5.75 Å². The van der Waals surface area contributed by atoms with Gasteiger partial charge in [-0.15, -0.1) is 0 Å². The van der Waals surface area contributed by atoms with Gasteiger partial charge in [-0.1, -0.05) is 48.0 Å². The molecule has 0 aromatic heterocycles. The second-order valence-corrected chi connectivity index (χ2v) is 6.42. The van der Waals surface area contributed by atoms with Gasteiger partial charge in [0.1, 0.15) is 12.4 Å². The maximum Gasteiger partial charge on any atom is 0.234 e. The van der Waals surface area contributed by atoms with Crippen LogP contribution in [0.2, 0.25) is 5.02 Å². The molecule has 0 heterocycles. The largest absolute Gasteiger partial charge is 0.492 e. The van der Waals surface area contributed by atoms with Crippen LogP contribution in [0.15, 0.2) is 54.6 Å². The van der Waals surface area contributed by atoms with E-state index in [1.54, 1.807) is 6.07 Å². The highest BCUT2D eigenvalue weighted by Gasteiger charge is 2.06.